The van der Waals surface area contributed by atoms with Crippen molar-refractivity contribution in [2.75, 3.05) is 18.0 Å². The van der Waals surface area contributed by atoms with Crippen LogP contribution in [0.25, 0.3) is 0 Å². The zero-order valence-electron chi connectivity index (χ0n) is 13.4. The first kappa shape index (κ1) is 17.0. The maximum absolute atomic E-state index is 12.4. The van der Waals surface area contributed by atoms with Crippen molar-refractivity contribution in [3.05, 3.63) is 65.2 Å². The molecule has 0 aliphatic rings. The van der Waals surface area contributed by atoms with Crippen molar-refractivity contribution >= 4 is 21.6 Å². The molecule has 0 unspecified atom stereocenters. The average molecular weight is 332 g/mol. The number of carbonyl (C=O) groups excluding carboxylic acids is 1. The highest BCUT2D eigenvalue weighted by Crippen LogP contribution is 2.14. The van der Waals surface area contributed by atoms with E-state index in [0.29, 0.717) is 17.8 Å². The Labute approximate surface area is 137 Å². The number of sulfonamides is 1. The Kier molecular flexibility index (Phi) is 5.05. The van der Waals surface area contributed by atoms with Crippen LogP contribution in [0.5, 0.6) is 0 Å². The largest absolute Gasteiger partial charge is 0.337 e. The summed E-state index contributed by atoms with van der Waals surface area (Å²) in [4.78, 5) is 14.0. The summed E-state index contributed by atoms with van der Waals surface area (Å²) in [7, 11) is -1.58. The molecule has 0 aliphatic heterocycles. The molecule has 0 radical (unpaired) electrons. The van der Waals surface area contributed by atoms with Gasteiger partial charge in [0.25, 0.3) is 5.91 Å². The molecule has 0 aliphatic carbocycles. The van der Waals surface area contributed by atoms with Gasteiger partial charge in [-0.05, 0) is 36.8 Å². The zero-order valence-corrected chi connectivity index (χ0v) is 14.2. The van der Waals surface area contributed by atoms with E-state index >= 15 is 0 Å². The highest BCUT2D eigenvalue weighted by Gasteiger charge is 2.12. The summed E-state index contributed by atoms with van der Waals surface area (Å²) >= 11 is 0. The molecule has 23 heavy (non-hydrogen) atoms. The molecule has 6 heteroatoms. The Balaban J connectivity index is 2.05. The fourth-order valence-electron chi connectivity index (χ4n) is 2.15. The van der Waals surface area contributed by atoms with Crippen LogP contribution in [-0.4, -0.2) is 32.5 Å². The molecule has 0 bridgehead atoms. The van der Waals surface area contributed by atoms with E-state index in [1.165, 1.54) is 5.56 Å². The van der Waals surface area contributed by atoms with E-state index in [4.69, 9.17) is 0 Å². The fraction of sp³-hybridized carbons (Fsp3) is 0.235. The Bertz CT molecular complexity index is 782. The third-order valence-corrected chi connectivity index (χ3v) is 3.93. The predicted molar refractivity (Wildman–Crippen MR) is 91.9 cm³/mol. The molecule has 1 N–H and O–H groups in total. The van der Waals surface area contributed by atoms with E-state index in [-0.39, 0.29) is 5.91 Å². The number of carbonyl (C=O) groups is 1. The standard InChI is InChI=1S/C17H20N2O3S/c1-13-4-6-14(7-5-13)12-19(2)17(20)15-8-10-16(11-9-15)18-23(3,21)22/h4-11,18H,12H2,1-3H3. The molecule has 0 spiro atoms. The Morgan fingerprint density at radius 1 is 1.04 bits per heavy atom. The summed E-state index contributed by atoms with van der Waals surface area (Å²) in [6.45, 7) is 2.53. The SMILES string of the molecule is Cc1ccc(CN(C)C(=O)c2ccc(NS(C)(=O)=O)cc2)cc1. The van der Waals surface area contributed by atoms with Crippen LogP contribution in [0, 0.1) is 6.92 Å². The Hall–Kier alpha value is -2.34. The van der Waals surface area contributed by atoms with Gasteiger partial charge in [-0.15, -0.1) is 0 Å². The van der Waals surface area contributed by atoms with E-state index in [0.717, 1.165) is 11.8 Å². The lowest BCUT2D eigenvalue weighted by molar-refractivity contribution is 0.0785. The second-order valence-electron chi connectivity index (χ2n) is 5.60. The van der Waals surface area contributed by atoms with Crippen LogP contribution in [0.2, 0.25) is 0 Å². The van der Waals surface area contributed by atoms with Crippen LogP contribution in [-0.2, 0) is 16.6 Å². The zero-order chi connectivity index (χ0) is 17.0. The first-order chi connectivity index (χ1) is 10.7. The average Bonchev–Trinajstić information content (AvgIpc) is 2.48. The summed E-state index contributed by atoms with van der Waals surface area (Å²) in [5.41, 5.74) is 3.18. The molecule has 0 heterocycles. The highest BCUT2D eigenvalue weighted by molar-refractivity contribution is 7.92. The van der Waals surface area contributed by atoms with Crippen LogP contribution in [0.3, 0.4) is 0 Å². The second kappa shape index (κ2) is 6.83. The molecule has 0 saturated heterocycles. The molecule has 0 aromatic heterocycles. The van der Waals surface area contributed by atoms with Gasteiger partial charge in [-0.25, -0.2) is 8.42 Å². The van der Waals surface area contributed by atoms with Gasteiger partial charge in [-0.1, -0.05) is 29.8 Å². The van der Waals surface area contributed by atoms with Crippen LogP contribution >= 0.6 is 0 Å². The summed E-state index contributed by atoms with van der Waals surface area (Å²) in [6, 6.07) is 14.4. The lowest BCUT2D eigenvalue weighted by Gasteiger charge is -2.17. The summed E-state index contributed by atoms with van der Waals surface area (Å²) in [5, 5.41) is 0. The monoisotopic (exact) mass is 332 g/mol. The number of nitrogens with one attached hydrogen (secondary N) is 1. The predicted octanol–water partition coefficient (Wildman–Crippen LogP) is 2.64. The number of benzene rings is 2. The number of aryl methyl sites for hydroxylation is 1. The maximum Gasteiger partial charge on any atom is 0.253 e. The minimum atomic E-state index is -3.32. The van der Waals surface area contributed by atoms with E-state index in [2.05, 4.69) is 4.72 Å². The van der Waals surface area contributed by atoms with E-state index < -0.39 is 10.0 Å². The van der Waals surface area contributed by atoms with Crippen molar-refractivity contribution in [2.45, 2.75) is 13.5 Å². The van der Waals surface area contributed by atoms with E-state index in [1.807, 2.05) is 31.2 Å². The fourth-order valence-corrected chi connectivity index (χ4v) is 2.72. The number of hydrogen-bond acceptors (Lipinski definition) is 3. The van der Waals surface area contributed by atoms with Gasteiger partial charge < -0.3 is 4.90 Å². The van der Waals surface area contributed by atoms with Gasteiger partial charge in [-0.2, -0.15) is 0 Å². The summed E-state index contributed by atoms with van der Waals surface area (Å²) < 4.78 is 24.7. The lowest BCUT2D eigenvalue weighted by Crippen LogP contribution is -2.26. The summed E-state index contributed by atoms with van der Waals surface area (Å²) in [6.07, 6.45) is 1.08. The molecule has 0 saturated carbocycles. The van der Waals surface area contributed by atoms with Gasteiger partial charge >= 0.3 is 0 Å². The van der Waals surface area contributed by atoms with Crippen molar-refractivity contribution in [3.63, 3.8) is 0 Å². The van der Waals surface area contributed by atoms with E-state index in [9.17, 15) is 13.2 Å². The maximum atomic E-state index is 12.4. The molecule has 1 amide bonds. The van der Waals surface area contributed by atoms with Gasteiger partial charge in [0.1, 0.15) is 0 Å². The quantitative estimate of drug-likeness (QED) is 0.915. The molecule has 5 nitrogen and oxygen atoms in total. The van der Waals surface area contributed by atoms with Crippen molar-refractivity contribution in [3.8, 4) is 0 Å². The first-order valence-electron chi connectivity index (χ1n) is 7.13. The molecule has 122 valence electrons. The highest BCUT2D eigenvalue weighted by atomic mass is 32.2. The number of hydrogen-bond donors (Lipinski definition) is 1. The van der Waals surface area contributed by atoms with Gasteiger partial charge in [0, 0.05) is 24.8 Å². The van der Waals surface area contributed by atoms with Gasteiger partial charge in [0.05, 0.1) is 6.26 Å². The number of nitrogens with zero attached hydrogens (tertiary/aromatic N) is 1. The van der Waals surface area contributed by atoms with Crippen LogP contribution in [0.15, 0.2) is 48.5 Å². The Morgan fingerprint density at radius 2 is 1.61 bits per heavy atom. The first-order valence-corrected chi connectivity index (χ1v) is 9.02. The number of amides is 1. The molecular formula is C17H20N2O3S. The molecule has 0 atom stereocenters. The molecule has 0 fully saturated rings. The third kappa shape index (κ3) is 5.10. The smallest absolute Gasteiger partial charge is 0.253 e. The number of anilines is 1. The topological polar surface area (TPSA) is 66.5 Å². The molecule has 2 rings (SSSR count). The van der Waals surface area contributed by atoms with Crippen LogP contribution in [0.4, 0.5) is 5.69 Å². The lowest BCUT2D eigenvalue weighted by atomic mass is 10.1. The van der Waals surface area contributed by atoms with Crippen molar-refractivity contribution in [1.29, 1.82) is 0 Å². The third-order valence-electron chi connectivity index (χ3n) is 3.32. The number of rotatable bonds is 5. The molecule has 2 aromatic rings. The second-order valence-corrected chi connectivity index (χ2v) is 7.35. The van der Waals surface area contributed by atoms with Crippen molar-refractivity contribution < 1.29 is 13.2 Å². The van der Waals surface area contributed by atoms with E-state index in [1.54, 1.807) is 36.2 Å². The molecule has 2 aromatic carbocycles. The van der Waals surface area contributed by atoms with Crippen molar-refractivity contribution in [2.24, 2.45) is 0 Å². The minimum Gasteiger partial charge on any atom is -0.337 e. The normalized spacial score (nSPS) is 11.1. The van der Waals surface area contributed by atoms with Gasteiger partial charge in [0.15, 0.2) is 0 Å². The van der Waals surface area contributed by atoms with Crippen LogP contribution < -0.4 is 4.72 Å². The van der Waals surface area contributed by atoms with Crippen LogP contribution in [0.1, 0.15) is 21.5 Å². The van der Waals surface area contributed by atoms with Gasteiger partial charge in [-0.3, -0.25) is 9.52 Å². The Morgan fingerprint density at radius 3 is 2.13 bits per heavy atom. The van der Waals surface area contributed by atoms with Crippen molar-refractivity contribution in [1.82, 2.24) is 4.90 Å². The van der Waals surface area contributed by atoms with Gasteiger partial charge in [0.2, 0.25) is 10.0 Å². The molecular weight excluding hydrogens is 312 g/mol. The minimum absolute atomic E-state index is 0.114. The summed E-state index contributed by atoms with van der Waals surface area (Å²) in [5.74, 6) is -0.114.